The van der Waals surface area contributed by atoms with Gasteiger partial charge in [-0.25, -0.2) is 9.18 Å². The second-order valence-corrected chi connectivity index (χ2v) is 7.83. The molecule has 2 aliphatic heterocycles. The van der Waals surface area contributed by atoms with E-state index in [0.29, 0.717) is 12.2 Å². The van der Waals surface area contributed by atoms with Crippen molar-refractivity contribution in [2.75, 3.05) is 11.9 Å². The second kappa shape index (κ2) is 8.73. The quantitative estimate of drug-likeness (QED) is 0.775. The minimum absolute atomic E-state index is 0.00887. The standard InChI is InChI=1S/C23H26FN3O3/c1-2-30-21-11-7-17(8-12-21)26-23(29)27-19-9-10-20(27)14-18(13-19)25-22(28)15-3-5-16(24)6-4-15/h3-8,11-12,18-20H,2,9-10,13-14H2,1H3,(H,25,28)(H,26,29)/t18?,19-,20+. The van der Waals surface area contributed by atoms with E-state index in [1.807, 2.05) is 36.1 Å². The molecule has 30 heavy (non-hydrogen) atoms. The zero-order valence-electron chi connectivity index (χ0n) is 16.9. The molecule has 158 valence electrons. The maximum Gasteiger partial charge on any atom is 0.322 e. The molecule has 2 N–H and O–H groups in total. The molecule has 0 radical (unpaired) electrons. The Morgan fingerprint density at radius 3 is 2.27 bits per heavy atom. The van der Waals surface area contributed by atoms with Gasteiger partial charge in [-0.1, -0.05) is 0 Å². The van der Waals surface area contributed by atoms with Gasteiger partial charge in [0, 0.05) is 29.4 Å². The first-order chi connectivity index (χ1) is 14.5. The normalized spacial score (nSPS) is 22.5. The minimum Gasteiger partial charge on any atom is -0.494 e. The van der Waals surface area contributed by atoms with Crippen molar-refractivity contribution in [2.45, 2.75) is 50.7 Å². The van der Waals surface area contributed by atoms with Gasteiger partial charge in [0.15, 0.2) is 0 Å². The summed E-state index contributed by atoms with van der Waals surface area (Å²) < 4.78 is 18.5. The van der Waals surface area contributed by atoms with E-state index in [4.69, 9.17) is 4.74 Å². The molecule has 2 aromatic rings. The van der Waals surface area contributed by atoms with Crippen molar-refractivity contribution in [3.63, 3.8) is 0 Å². The molecule has 2 aromatic carbocycles. The Hall–Kier alpha value is -3.09. The van der Waals surface area contributed by atoms with E-state index in [1.165, 1.54) is 24.3 Å². The van der Waals surface area contributed by atoms with Crippen molar-refractivity contribution in [3.8, 4) is 5.75 Å². The van der Waals surface area contributed by atoms with Gasteiger partial charge in [-0.2, -0.15) is 0 Å². The summed E-state index contributed by atoms with van der Waals surface area (Å²) in [4.78, 5) is 27.3. The number of carbonyl (C=O) groups is 2. The number of benzene rings is 2. The number of nitrogens with one attached hydrogen (secondary N) is 2. The van der Waals surface area contributed by atoms with Crippen LogP contribution >= 0.6 is 0 Å². The molecule has 3 amide bonds. The molecule has 6 nitrogen and oxygen atoms in total. The van der Waals surface area contributed by atoms with E-state index in [-0.39, 0.29) is 35.9 Å². The number of amides is 3. The molecular weight excluding hydrogens is 385 g/mol. The Bertz CT molecular complexity index is 887. The number of carbonyl (C=O) groups excluding carboxylic acids is 2. The minimum atomic E-state index is -0.364. The SMILES string of the molecule is CCOc1ccc(NC(=O)N2[C@@H]3CC[C@H]2CC(NC(=O)c2ccc(F)cc2)C3)cc1. The van der Waals surface area contributed by atoms with E-state index in [1.54, 1.807) is 0 Å². The number of anilines is 1. The molecule has 2 fully saturated rings. The van der Waals surface area contributed by atoms with Crippen LogP contribution in [0.2, 0.25) is 0 Å². The van der Waals surface area contributed by atoms with Gasteiger partial charge in [-0.05, 0) is 81.1 Å². The lowest BCUT2D eigenvalue weighted by Crippen LogP contribution is -2.53. The van der Waals surface area contributed by atoms with Gasteiger partial charge < -0.3 is 20.3 Å². The predicted molar refractivity (Wildman–Crippen MR) is 112 cm³/mol. The van der Waals surface area contributed by atoms with Crippen LogP contribution in [0.5, 0.6) is 5.75 Å². The topological polar surface area (TPSA) is 70.7 Å². The average Bonchev–Trinajstić information content (AvgIpc) is 3.01. The maximum atomic E-state index is 13.1. The Labute approximate surface area is 175 Å². The first kappa shape index (κ1) is 20.2. The molecule has 2 bridgehead atoms. The van der Waals surface area contributed by atoms with Gasteiger partial charge in [-0.3, -0.25) is 4.79 Å². The third-order valence-electron chi connectivity index (χ3n) is 5.83. The highest BCUT2D eigenvalue weighted by molar-refractivity contribution is 5.94. The smallest absolute Gasteiger partial charge is 0.322 e. The molecule has 0 aromatic heterocycles. The van der Waals surface area contributed by atoms with Gasteiger partial charge >= 0.3 is 6.03 Å². The summed E-state index contributed by atoms with van der Waals surface area (Å²) in [6, 6.07) is 13.0. The Kier molecular flexibility index (Phi) is 5.88. The van der Waals surface area contributed by atoms with Crippen LogP contribution in [0.25, 0.3) is 0 Å². The molecule has 7 heteroatoms. The molecule has 0 saturated carbocycles. The lowest BCUT2D eigenvalue weighted by atomic mass is 9.97. The number of piperidine rings is 1. The van der Waals surface area contributed by atoms with Crippen LogP contribution in [0.3, 0.4) is 0 Å². The summed E-state index contributed by atoms with van der Waals surface area (Å²) in [6.07, 6.45) is 3.31. The van der Waals surface area contributed by atoms with Crippen LogP contribution in [0.15, 0.2) is 48.5 Å². The molecule has 2 saturated heterocycles. The van der Waals surface area contributed by atoms with Crippen molar-refractivity contribution < 1.29 is 18.7 Å². The number of hydrogen-bond acceptors (Lipinski definition) is 3. The van der Waals surface area contributed by atoms with Crippen molar-refractivity contribution in [1.29, 1.82) is 0 Å². The van der Waals surface area contributed by atoms with Crippen LogP contribution in [-0.2, 0) is 0 Å². The van der Waals surface area contributed by atoms with Gasteiger partial charge in [0.05, 0.1) is 6.61 Å². The Morgan fingerprint density at radius 2 is 1.67 bits per heavy atom. The third kappa shape index (κ3) is 4.40. The summed E-state index contributed by atoms with van der Waals surface area (Å²) >= 11 is 0. The predicted octanol–water partition coefficient (Wildman–Crippen LogP) is 4.18. The van der Waals surface area contributed by atoms with Crippen LogP contribution < -0.4 is 15.4 Å². The van der Waals surface area contributed by atoms with Gasteiger partial charge in [0.25, 0.3) is 5.91 Å². The van der Waals surface area contributed by atoms with E-state index < -0.39 is 0 Å². The van der Waals surface area contributed by atoms with Gasteiger partial charge in [0.2, 0.25) is 0 Å². The van der Waals surface area contributed by atoms with Crippen molar-refractivity contribution in [3.05, 3.63) is 59.9 Å². The van der Waals surface area contributed by atoms with Crippen LogP contribution in [0.4, 0.5) is 14.9 Å². The summed E-state index contributed by atoms with van der Waals surface area (Å²) in [5.74, 6) is 0.205. The highest BCUT2D eigenvalue weighted by Crippen LogP contribution is 2.36. The lowest BCUT2D eigenvalue weighted by Gasteiger charge is -2.39. The molecule has 0 aliphatic carbocycles. The number of nitrogens with zero attached hydrogens (tertiary/aromatic N) is 1. The molecule has 2 heterocycles. The fourth-order valence-electron chi connectivity index (χ4n) is 4.49. The highest BCUT2D eigenvalue weighted by atomic mass is 19.1. The van der Waals surface area contributed by atoms with Crippen LogP contribution in [-0.4, -0.2) is 41.6 Å². The van der Waals surface area contributed by atoms with E-state index in [9.17, 15) is 14.0 Å². The second-order valence-electron chi connectivity index (χ2n) is 7.83. The van der Waals surface area contributed by atoms with Crippen molar-refractivity contribution in [1.82, 2.24) is 10.2 Å². The number of fused-ring (bicyclic) bond motifs is 2. The fourth-order valence-corrected chi connectivity index (χ4v) is 4.49. The number of hydrogen-bond donors (Lipinski definition) is 2. The largest absolute Gasteiger partial charge is 0.494 e. The third-order valence-corrected chi connectivity index (χ3v) is 5.83. The van der Waals surface area contributed by atoms with Crippen molar-refractivity contribution >= 4 is 17.6 Å². The van der Waals surface area contributed by atoms with Gasteiger partial charge in [0.1, 0.15) is 11.6 Å². The van der Waals surface area contributed by atoms with Crippen molar-refractivity contribution in [2.24, 2.45) is 0 Å². The first-order valence-electron chi connectivity index (χ1n) is 10.4. The van der Waals surface area contributed by atoms with Gasteiger partial charge in [-0.15, -0.1) is 0 Å². The van der Waals surface area contributed by atoms with Crippen LogP contribution in [0, 0.1) is 5.82 Å². The monoisotopic (exact) mass is 411 g/mol. The molecule has 3 atom stereocenters. The number of urea groups is 1. The van der Waals surface area contributed by atoms with E-state index >= 15 is 0 Å². The lowest BCUT2D eigenvalue weighted by molar-refractivity contribution is 0.0891. The summed E-state index contributed by atoms with van der Waals surface area (Å²) in [5, 5.41) is 6.03. The fraction of sp³-hybridized carbons (Fsp3) is 0.391. The summed E-state index contributed by atoms with van der Waals surface area (Å²) in [5.41, 5.74) is 1.18. The first-order valence-corrected chi connectivity index (χ1v) is 10.4. The average molecular weight is 411 g/mol. The molecule has 2 aliphatic rings. The molecule has 0 spiro atoms. The molecule has 1 unspecified atom stereocenters. The zero-order chi connectivity index (χ0) is 21.1. The Morgan fingerprint density at radius 1 is 1.03 bits per heavy atom. The summed E-state index contributed by atoms with van der Waals surface area (Å²) in [6.45, 7) is 2.53. The zero-order valence-corrected chi connectivity index (χ0v) is 16.9. The number of rotatable bonds is 5. The van der Waals surface area contributed by atoms with E-state index in [0.717, 1.165) is 37.1 Å². The highest BCUT2D eigenvalue weighted by Gasteiger charge is 2.43. The number of ether oxygens (including phenoxy) is 1. The maximum absolute atomic E-state index is 13.1. The Balaban J connectivity index is 1.34. The molecule has 4 rings (SSSR count). The molecular formula is C23H26FN3O3. The van der Waals surface area contributed by atoms with Crippen LogP contribution in [0.1, 0.15) is 43.0 Å². The summed E-state index contributed by atoms with van der Waals surface area (Å²) in [7, 11) is 0. The van der Waals surface area contributed by atoms with E-state index in [2.05, 4.69) is 10.6 Å². The number of halogens is 1.